The molecule has 0 bridgehead atoms. The van der Waals surface area contributed by atoms with E-state index in [9.17, 15) is 9.59 Å². The largest absolute Gasteiger partial charge is 0.391 e. The second-order valence-corrected chi connectivity index (χ2v) is 5.57. The summed E-state index contributed by atoms with van der Waals surface area (Å²) in [6, 6.07) is 0.378. The van der Waals surface area contributed by atoms with Crippen molar-refractivity contribution in [1.82, 2.24) is 4.90 Å². The van der Waals surface area contributed by atoms with Crippen LogP contribution in [0.1, 0.15) is 25.7 Å². The van der Waals surface area contributed by atoms with Crippen molar-refractivity contribution in [3.05, 3.63) is 0 Å². The lowest BCUT2D eigenvalue weighted by Gasteiger charge is -2.37. The van der Waals surface area contributed by atoms with Crippen LogP contribution in [0.25, 0.3) is 0 Å². The minimum absolute atomic E-state index is 0.275. The lowest BCUT2D eigenvalue weighted by atomic mass is 9.93. The molecule has 0 aromatic carbocycles. The van der Waals surface area contributed by atoms with Crippen LogP contribution >= 0.6 is 11.8 Å². The highest BCUT2D eigenvalue weighted by atomic mass is 32.2. The van der Waals surface area contributed by atoms with Gasteiger partial charge >= 0.3 is 11.9 Å². The number of ether oxygens (including phenoxy) is 1. The zero-order valence-electron chi connectivity index (χ0n) is 9.48. The first-order chi connectivity index (χ1) is 7.69. The highest BCUT2D eigenvalue weighted by Gasteiger charge is 2.33. The molecule has 2 atom stereocenters. The predicted molar refractivity (Wildman–Crippen MR) is 62.2 cm³/mol. The normalized spacial score (nSPS) is 32.6. The first-order valence-electron chi connectivity index (χ1n) is 5.69. The molecule has 1 saturated heterocycles. The summed E-state index contributed by atoms with van der Waals surface area (Å²) < 4.78 is 4.54. The van der Waals surface area contributed by atoms with Crippen LogP contribution in [0.5, 0.6) is 0 Å². The quantitative estimate of drug-likeness (QED) is 0.536. The maximum Gasteiger partial charge on any atom is 0.327 e. The summed E-state index contributed by atoms with van der Waals surface area (Å²) in [6.45, 7) is 0.551. The maximum atomic E-state index is 11.2. The van der Waals surface area contributed by atoms with Crippen LogP contribution in [-0.2, 0) is 14.3 Å². The van der Waals surface area contributed by atoms with E-state index in [1.54, 1.807) is 0 Å². The van der Waals surface area contributed by atoms with E-state index in [0.717, 1.165) is 12.8 Å². The van der Waals surface area contributed by atoms with Gasteiger partial charge in [-0.2, -0.15) is 11.8 Å². The molecule has 5 heteroatoms. The fourth-order valence-electron chi connectivity index (χ4n) is 2.50. The molecular weight excluding hydrogens is 226 g/mol. The molecule has 2 aliphatic rings. The fraction of sp³-hybridized carbons (Fsp3) is 0.818. The number of esters is 2. The van der Waals surface area contributed by atoms with E-state index in [4.69, 9.17) is 0 Å². The lowest BCUT2D eigenvalue weighted by Crippen LogP contribution is -2.49. The Hall–Kier alpha value is -0.550. The summed E-state index contributed by atoms with van der Waals surface area (Å²) in [5.74, 6) is -0.801. The molecule has 1 saturated carbocycles. The third kappa shape index (κ3) is 2.77. The Kier molecular flexibility index (Phi) is 3.86. The monoisotopic (exact) mass is 243 g/mol. The SMILES string of the molecule is CSC1CCCC(N2CC(=O)OC(=O)C2)C1. The average Bonchev–Trinajstić information content (AvgIpc) is 2.28. The van der Waals surface area contributed by atoms with Gasteiger partial charge in [-0.1, -0.05) is 6.42 Å². The van der Waals surface area contributed by atoms with Crippen molar-refractivity contribution in [2.75, 3.05) is 19.3 Å². The van der Waals surface area contributed by atoms with Gasteiger partial charge in [0.2, 0.25) is 0 Å². The van der Waals surface area contributed by atoms with Crippen LogP contribution in [0.3, 0.4) is 0 Å². The number of rotatable bonds is 2. The number of carbonyl (C=O) groups excluding carboxylic acids is 2. The molecule has 4 nitrogen and oxygen atoms in total. The Bertz CT molecular complexity index is 279. The molecule has 0 aromatic rings. The van der Waals surface area contributed by atoms with E-state index in [0.29, 0.717) is 11.3 Å². The average molecular weight is 243 g/mol. The van der Waals surface area contributed by atoms with E-state index in [2.05, 4.69) is 11.0 Å². The molecule has 90 valence electrons. The van der Waals surface area contributed by atoms with Crippen molar-refractivity contribution >= 4 is 23.7 Å². The van der Waals surface area contributed by atoms with E-state index < -0.39 is 11.9 Å². The topological polar surface area (TPSA) is 46.6 Å². The van der Waals surface area contributed by atoms with Gasteiger partial charge in [-0.25, -0.2) is 0 Å². The van der Waals surface area contributed by atoms with E-state index in [-0.39, 0.29) is 13.1 Å². The highest BCUT2D eigenvalue weighted by Crippen LogP contribution is 2.30. The molecule has 16 heavy (non-hydrogen) atoms. The number of nitrogens with zero attached hydrogens (tertiary/aromatic N) is 1. The van der Waals surface area contributed by atoms with E-state index >= 15 is 0 Å². The van der Waals surface area contributed by atoms with Crippen molar-refractivity contribution in [1.29, 1.82) is 0 Å². The zero-order chi connectivity index (χ0) is 11.5. The number of hydrogen-bond donors (Lipinski definition) is 0. The van der Waals surface area contributed by atoms with Gasteiger partial charge in [0, 0.05) is 11.3 Å². The van der Waals surface area contributed by atoms with Gasteiger partial charge in [0.25, 0.3) is 0 Å². The number of thioether (sulfide) groups is 1. The fourth-order valence-corrected chi connectivity index (χ4v) is 3.32. The molecule has 2 fully saturated rings. The molecule has 0 amide bonds. The van der Waals surface area contributed by atoms with Gasteiger partial charge in [0.1, 0.15) is 0 Å². The van der Waals surface area contributed by atoms with Crippen molar-refractivity contribution in [3.8, 4) is 0 Å². The van der Waals surface area contributed by atoms with Gasteiger partial charge in [-0.15, -0.1) is 0 Å². The Labute approximate surface area is 99.7 Å². The molecule has 1 aliphatic carbocycles. The zero-order valence-corrected chi connectivity index (χ0v) is 10.3. The maximum absolute atomic E-state index is 11.2. The summed E-state index contributed by atoms with van der Waals surface area (Å²) in [5.41, 5.74) is 0. The molecule has 2 rings (SSSR count). The van der Waals surface area contributed by atoms with E-state index in [1.165, 1.54) is 12.8 Å². The molecule has 2 unspecified atom stereocenters. The van der Waals surface area contributed by atoms with Crippen molar-refractivity contribution in [3.63, 3.8) is 0 Å². The van der Waals surface area contributed by atoms with Crippen LogP contribution in [0.2, 0.25) is 0 Å². The summed E-state index contributed by atoms with van der Waals surface area (Å²) in [7, 11) is 0. The van der Waals surface area contributed by atoms with Crippen LogP contribution in [0.15, 0.2) is 0 Å². The van der Waals surface area contributed by atoms with Crippen LogP contribution in [0.4, 0.5) is 0 Å². The Morgan fingerprint density at radius 3 is 2.56 bits per heavy atom. The number of morpholine rings is 1. The smallest absolute Gasteiger partial charge is 0.327 e. The number of cyclic esters (lactones) is 2. The Morgan fingerprint density at radius 1 is 1.25 bits per heavy atom. The minimum atomic E-state index is -0.400. The predicted octanol–water partition coefficient (Wildman–Crippen LogP) is 1.05. The van der Waals surface area contributed by atoms with Crippen molar-refractivity contribution in [2.45, 2.75) is 37.0 Å². The second-order valence-electron chi connectivity index (χ2n) is 4.43. The Morgan fingerprint density at radius 2 is 1.94 bits per heavy atom. The van der Waals surface area contributed by atoms with E-state index in [1.807, 2.05) is 16.7 Å². The van der Waals surface area contributed by atoms with Gasteiger partial charge in [0.05, 0.1) is 13.1 Å². The van der Waals surface area contributed by atoms with Crippen LogP contribution in [-0.4, -0.2) is 47.5 Å². The van der Waals surface area contributed by atoms with Crippen LogP contribution < -0.4 is 0 Å². The van der Waals surface area contributed by atoms with Crippen LogP contribution in [0, 0.1) is 0 Å². The summed E-state index contributed by atoms with van der Waals surface area (Å²) in [6.07, 6.45) is 6.75. The minimum Gasteiger partial charge on any atom is -0.391 e. The standard InChI is InChI=1S/C11H17NO3S/c1-16-9-4-2-3-8(5-9)12-6-10(13)15-11(14)7-12/h8-9H,2-7H2,1H3. The lowest BCUT2D eigenvalue weighted by molar-refractivity contribution is -0.168. The first-order valence-corrected chi connectivity index (χ1v) is 6.98. The Balaban J connectivity index is 1.95. The molecule has 1 heterocycles. The molecule has 0 spiro atoms. The number of carbonyl (C=O) groups is 2. The van der Waals surface area contributed by atoms with Crippen molar-refractivity contribution < 1.29 is 14.3 Å². The summed E-state index contributed by atoms with van der Waals surface area (Å²) in [4.78, 5) is 24.4. The molecule has 1 aliphatic heterocycles. The third-order valence-electron chi connectivity index (χ3n) is 3.34. The summed E-state index contributed by atoms with van der Waals surface area (Å²) in [5, 5.41) is 0.673. The number of hydrogen-bond acceptors (Lipinski definition) is 5. The third-order valence-corrected chi connectivity index (χ3v) is 4.44. The first kappa shape index (κ1) is 11.9. The van der Waals surface area contributed by atoms with Gasteiger partial charge in [-0.3, -0.25) is 14.5 Å². The van der Waals surface area contributed by atoms with Gasteiger partial charge in [-0.05, 0) is 25.5 Å². The summed E-state index contributed by atoms with van der Waals surface area (Å²) >= 11 is 1.89. The molecule has 0 N–H and O–H groups in total. The van der Waals surface area contributed by atoms with Gasteiger partial charge < -0.3 is 4.74 Å². The van der Waals surface area contributed by atoms with Crippen molar-refractivity contribution in [2.24, 2.45) is 0 Å². The highest BCUT2D eigenvalue weighted by molar-refractivity contribution is 7.99. The molecule has 0 radical (unpaired) electrons. The molecular formula is C11H17NO3S. The second kappa shape index (κ2) is 5.19. The van der Waals surface area contributed by atoms with Gasteiger partial charge in [0.15, 0.2) is 0 Å². The molecule has 0 aromatic heterocycles.